The molecule has 1 atom stereocenters. The molecule has 1 aliphatic rings. The lowest BCUT2D eigenvalue weighted by Gasteiger charge is -2.24. The number of halogens is 2. The number of nitrogens with one attached hydrogen (secondary N) is 1. The van der Waals surface area contributed by atoms with Crippen LogP contribution in [0.15, 0.2) is 89.4 Å². The minimum atomic E-state index is -0.406. The molecule has 0 spiro atoms. The van der Waals surface area contributed by atoms with Crippen molar-refractivity contribution in [1.29, 1.82) is 0 Å². The van der Waals surface area contributed by atoms with Crippen LogP contribution in [0.5, 0.6) is 0 Å². The maximum Gasteiger partial charge on any atom is 0.227 e. The minimum absolute atomic E-state index is 0.270. The third kappa shape index (κ3) is 3.36. The van der Waals surface area contributed by atoms with E-state index in [-0.39, 0.29) is 5.82 Å². The Labute approximate surface area is 175 Å². The van der Waals surface area contributed by atoms with E-state index < -0.39 is 6.04 Å². The predicted octanol–water partition coefficient (Wildman–Crippen LogP) is 5.90. The van der Waals surface area contributed by atoms with E-state index in [2.05, 4.69) is 31.3 Å². The molecule has 4 nitrogen and oxygen atoms in total. The van der Waals surface area contributed by atoms with Gasteiger partial charge in [-0.2, -0.15) is 4.98 Å². The molecule has 1 N–H and O–H groups in total. The van der Waals surface area contributed by atoms with Gasteiger partial charge in [-0.1, -0.05) is 76.6 Å². The Morgan fingerprint density at radius 3 is 2.34 bits per heavy atom. The van der Waals surface area contributed by atoms with Gasteiger partial charge in [0.05, 0.1) is 0 Å². The molecule has 1 aliphatic heterocycles. The molecule has 142 valence electrons. The van der Waals surface area contributed by atoms with E-state index in [9.17, 15) is 4.39 Å². The minimum Gasteiger partial charge on any atom is -0.324 e. The molecule has 0 aliphatic carbocycles. The second-order valence-electron chi connectivity index (χ2n) is 6.75. The Kier molecular flexibility index (Phi) is 4.48. The van der Waals surface area contributed by atoms with Crippen molar-refractivity contribution in [2.24, 2.45) is 0 Å². The summed E-state index contributed by atoms with van der Waals surface area (Å²) in [5, 5.41) is 8.04. The summed E-state index contributed by atoms with van der Waals surface area (Å²) in [6.07, 6.45) is 1.98. The molecule has 1 unspecified atom stereocenters. The number of hydrogen-bond acceptors (Lipinski definition) is 3. The molecule has 0 fully saturated rings. The van der Waals surface area contributed by atoms with Gasteiger partial charge in [-0.05, 0) is 29.8 Å². The number of allylic oxidation sites excluding steroid dienone is 1. The molecule has 0 radical (unpaired) electrons. The van der Waals surface area contributed by atoms with E-state index >= 15 is 0 Å². The van der Waals surface area contributed by atoms with Crippen LogP contribution in [0, 0.1) is 5.82 Å². The van der Waals surface area contributed by atoms with Gasteiger partial charge in [0.25, 0.3) is 0 Å². The fourth-order valence-electron chi connectivity index (χ4n) is 3.44. The maximum absolute atomic E-state index is 14.7. The summed E-state index contributed by atoms with van der Waals surface area (Å²) in [5.74, 6) is 0.908. The van der Waals surface area contributed by atoms with Crippen molar-refractivity contribution in [3.8, 4) is 11.4 Å². The number of rotatable bonds is 3. The lowest BCUT2D eigenvalue weighted by atomic mass is 10.0. The fraction of sp³-hybridized carbons (Fsp3) is 0.0435. The SMILES string of the molecule is Fc1ccccc1C1C=C(c2ccc(Br)cc2)Nc2nc(-c3ccccc3)nn21. The summed E-state index contributed by atoms with van der Waals surface area (Å²) in [4.78, 5) is 4.69. The summed E-state index contributed by atoms with van der Waals surface area (Å²) in [6, 6.07) is 24.1. The van der Waals surface area contributed by atoms with Crippen LogP contribution >= 0.6 is 15.9 Å². The number of benzene rings is 3. The first kappa shape index (κ1) is 17.8. The van der Waals surface area contributed by atoms with Gasteiger partial charge in [-0.3, -0.25) is 0 Å². The summed E-state index contributed by atoms with van der Waals surface area (Å²) in [6.45, 7) is 0. The highest BCUT2D eigenvalue weighted by Crippen LogP contribution is 2.35. The Bertz CT molecular complexity index is 1200. The molecule has 6 heteroatoms. The van der Waals surface area contributed by atoms with Crippen molar-refractivity contribution in [1.82, 2.24) is 14.8 Å². The molecule has 0 bridgehead atoms. The van der Waals surface area contributed by atoms with E-state index in [1.807, 2.05) is 66.7 Å². The van der Waals surface area contributed by atoms with E-state index in [0.717, 1.165) is 21.3 Å². The van der Waals surface area contributed by atoms with Crippen LogP contribution < -0.4 is 5.32 Å². The van der Waals surface area contributed by atoms with Crippen molar-refractivity contribution in [3.05, 3.63) is 106 Å². The Morgan fingerprint density at radius 2 is 1.59 bits per heavy atom. The zero-order valence-electron chi connectivity index (χ0n) is 15.3. The number of nitrogens with zero attached hydrogens (tertiary/aromatic N) is 3. The van der Waals surface area contributed by atoms with Gasteiger partial charge in [0.1, 0.15) is 11.9 Å². The van der Waals surface area contributed by atoms with Crippen LogP contribution in [-0.4, -0.2) is 14.8 Å². The molecule has 0 amide bonds. The second-order valence-corrected chi connectivity index (χ2v) is 7.66. The summed E-state index contributed by atoms with van der Waals surface area (Å²) in [7, 11) is 0. The Balaban J connectivity index is 1.65. The molecule has 0 saturated carbocycles. The van der Waals surface area contributed by atoms with Crippen LogP contribution in [0.4, 0.5) is 10.3 Å². The van der Waals surface area contributed by atoms with Crippen LogP contribution in [0.2, 0.25) is 0 Å². The molecular formula is C23H16BrFN4. The highest BCUT2D eigenvalue weighted by molar-refractivity contribution is 9.10. The second kappa shape index (κ2) is 7.29. The van der Waals surface area contributed by atoms with E-state index in [1.165, 1.54) is 6.07 Å². The first-order valence-electron chi connectivity index (χ1n) is 9.20. The highest BCUT2D eigenvalue weighted by Gasteiger charge is 2.27. The molecular weight excluding hydrogens is 431 g/mol. The van der Waals surface area contributed by atoms with Crippen molar-refractivity contribution >= 4 is 27.6 Å². The number of hydrogen-bond donors (Lipinski definition) is 1. The van der Waals surface area contributed by atoms with Gasteiger partial charge in [-0.25, -0.2) is 9.07 Å². The number of anilines is 1. The van der Waals surface area contributed by atoms with Crippen LogP contribution in [0.25, 0.3) is 17.1 Å². The summed E-state index contributed by atoms with van der Waals surface area (Å²) >= 11 is 3.47. The largest absolute Gasteiger partial charge is 0.324 e. The molecule has 4 aromatic rings. The first-order chi connectivity index (χ1) is 14.2. The van der Waals surface area contributed by atoms with Crippen molar-refractivity contribution < 1.29 is 4.39 Å². The van der Waals surface area contributed by atoms with Crippen LogP contribution in [0.1, 0.15) is 17.2 Å². The lowest BCUT2D eigenvalue weighted by molar-refractivity contribution is 0.552. The molecule has 0 saturated heterocycles. The van der Waals surface area contributed by atoms with Gasteiger partial charge in [-0.15, -0.1) is 5.10 Å². The molecule has 3 aromatic carbocycles. The topological polar surface area (TPSA) is 42.7 Å². The normalized spacial score (nSPS) is 15.4. The van der Waals surface area contributed by atoms with Gasteiger partial charge in [0, 0.05) is 21.3 Å². The molecule has 2 heterocycles. The Morgan fingerprint density at radius 1 is 0.862 bits per heavy atom. The van der Waals surface area contributed by atoms with Gasteiger partial charge >= 0.3 is 0 Å². The predicted molar refractivity (Wildman–Crippen MR) is 116 cm³/mol. The summed E-state index contributed by atoms with van der Waals surface area (Å²) < 4.78 is 17.4. The van der Waals surface area contributed by atoms with E-state index in [0.29, 0.717) is 17.3 Å². The average Bonchev–Trinajstić information content (AvgIpc) is 3.19. The quantitative estimate of drug-likeness (QED) is 0.425. The first-order valence-corrected chi connectivity index (χ1v) is 9.99. The molecule has 29 heavy (non-hydrogen) atoms. The monoisotopic (exact) mass is 446 g/mol. The number of aromatic nitrogens is 3. The fourth-order valence-corrected chi connectivity index (χ4v) is 3.70. The third-order valence-corrected chi connectivity index (χ3v) is 5.41. The Hall–Kier alpha value is -3.25. The lowest BCUT2D eigenvalue weighted by Crippen LogP contribution is -2.21. The smallest absolute Gasteiger partial charge is 0.227 e. The van der Waals surface area contributed by atoms with Crippen molar-refractivity contribution in [2.75, 3.05) is 5.32 Å². The van der Waals surface area contributed by atoms with E-state index in [1.54, 1.807) is 16.8 Å². The maximum atomic E-state index is 14.7. The average molecular weight is 447 g/mol. The standard InChI is InChI=1S/C23H16BrFN4/c24-17-12-10-15(11-13-17)20-14-21(18-8-4-5-9-19(18)25)29-23(26-20)27-22(28-29)16-6-2-1-3-7-16/h1-14,21H,(H,26,27,28). The van der Waals surface area contributed by atoms with Gasteiger partial charge in [0.2, 0.25) is 5.95 Å². The van der Waals surface area contributed by atoms with Gasteiger partial charge in [0.15, 0.2) is 5.82 Å². The molecule has 5 rings (SSSR count). The van der Waals surface area contributed by atoms with E-state index in [4.69, 9.17) is 0 Å². The van der Waals surface area contributed by atoms with Crippen LogP contribution in [-0.2, 0) is 0 Å². The van der Waals surface area contributed by atoms with Crippen LogP contribution in [0.3, 0.4) is 0 Å². The summed E-state index contributed by atoms with van der Waals surface area (Å²) in [5.41, 5.74) is 3.32. The zero-order chi connectivity index (χ0) is 19.8. The zero-order valence-corrected chi connectivity index (χ0v) is 16.8. The third-order valence-electron chi connectivity index (χ3n) is 4.88. The number of fused-ring (bicyclic) bond motifs is 1. The van der Waals surface area contributed by atoms with Gasteiger partial charge < -0.3 is 5.32 Å². The molecule has 1 aromatic heterocycles. The van der Waals surface area contributed by atoms with Crippen molar-refractivity contribution in [2.45, 2.75) is 6.04 Å². The highest BCUT2D eigenvalue weighted by atomic mass is 79.9. The van der Waals surface area contributed by atoms with Crippen molar-refractivity contribution in [3.63, 3.8) is 0 Å².